The van der Waals surface area contributed by atoms with Gasteiger partial charge in [-0.25, -0.2) is 4.39 Å². The average molecular weight is 367 g/mol. The van der Waals surface area contributed by atoms with Crippen LogP contribution in [0.5, 0.6) is 0 Å². The minimum atomic E-state index is -4.64. The molecule has 0 saturated carbocycles. The summed E-state index contributed by atoms with van der Waals surface area (Å²) in [4.78, 5) is 2.17. The number of hydrogen-bond donors (Lipinski definition) is 1. The molecule has 2 nitrogen and oxygen atoms in total. The van der Waals surface area contributed by atoms with Crippen molar-refractivity contribution in [2.45, 2.75) is 44.4 Å². The molecule has 0 spiro atoms. The van der Waals surface area contributed by atoms with Crippen LogP contribution in [0, 0.1) is 11.7 Å². The highest BCUT2D eigenvalue weighted by Gasteiger charge is 2.34. The first-order chi connectivity index (χ1) is 10.9. The number of piperidine rings is 1. The second-order valence-corrected chi connectivity index (χ2v) is 6.63. The van der Waals surface area contributed by atoms with Crippen molar-refractivity contribution in [1.82, 2.24) is 10.2 Å². The first kappa shape index (κ1) is 19.5. The maximum absolute atomic E-state index is 13.3. The van der Waals surface area contributed by atoms with E-state index >= 15 is 0 Å². The molecule has 2 fully saturated rings. The molecule has 0 aliphatic carbocycles. The minimum absolute atomic E-state index is 0. The van der Waals surface area contributed by atoms with Gasteiger partial charge < -0.3 is 5.32 Å². The Morgan fingerprint density at radius 1 is 1.12 bits per heavy atom. The van der Waals surface area contributed by atoms with Crippen molar-refractivity contribution >= 4 is 12.4 Å². The summed E-state index contributed by atoms with van der Waals surface area (Å²) in [5.74, 6) is -0.528. The molecule has 2 heterocycles. The lowest BCUT2D eigenvalue weighted by molar-refractivity contribution is -0.140. The summed E-state index contributed by atoms with van der Waals surface area (Å²) in [7, 11) is 0. The number of alkyl halides is 3. The zero-order chi connectivity index (χ0) is 16.4. The second-order valence-electron chi connectivity index (χ2n) is 6.63. The third-order valence-electron chi connectivity index (χ3n) is 5.04. The summed E-state index contributed by atoms with van der Waals surface area (Å²) in [5.41, 5.74) is -0.642. The Kier molecular flexibility index (Phi) is 6.51. The smallest absolute Gasteiger partial charge is 0.314 e. The van der Waals surface area contributed by atoms with Crippen molar-refractivity contribution in [3.63, 3.8) is 0 Å². The molecule has 1 aromatic rings. The molecule has 2 aliphatic rings. The van der Waals surface area contributed by atoms with Crippen molar-refractivity contribution in [3.8, 4) is 0 Å². The first-order valence-corrected chi connectivity index (χ1v) is 8.25. The van der Waals surface area contributed by atoms with Gasteiger partial charge in [0.1, 0.15) is 5.82 Å². The Labute approximate surface area is 146 Å². The van der Waals surface area contributed by atoms with Crippen molar-refractivity contribution in [1.29, 1.82) is 0 Å². The second kappa shape index (κ2) is 8.02. The molecule has 2 saturated heterocycles. The number of rotatable bonds is 3. The fraction of sp³-hybridized carbons (Fsp3) is 0.647. The van der Waals surface area contributed by atoms with Crippen LogP contribution in [0.3, 0.4) is 0 Å². The number of nitrogens with one attached hydrogen (secondary N) is 1. The lowest BCUT2D eigenvalue weighted by Gasteiger charge is -2.35. The molecule has 24 heavy (non-hydrogen) atoms. The highest BCUT2D eigenvalue weighted by Crippen LogP contribution is 2.32. The number of benzene rings is 1. The molecule has 0 radical (unpaired) electrons. The van der Waals surface area contributed by atoms with E-state index in [4.69, 9.17) is 0 Å². The molecule has 1 N–H and O–H groups in total. The van der Waals surface area contributed by atoms with E-state index in [1.165, 1.54) is 18.9 Å². The molecule has 7 heteroatoms. The lowest BCUT2D eigenvalue weighted by atomic mass is 9.88. The topological polar surface area (TPSA) is 15.3 Å². The summed E-state index contributed by atoms with van der Waals surface area (Å²) in [6.45, 7) is 3.33. The van der Waals surface area contributed by atoms with Gasteiger partial charge in [0.25, 0.3) is 0 Å². The largest absolute Gasteiger partial charge is 0.419 e. The van der Waals surface area contributed by atoms with Crippen LogP contribution < -0.4 is 5.32 Å². The molecule has 1 unspecified atom stereocenters. The fourth-order valence-electron chi connectivity index (χ4n) is 3.77. The molecule has 0 aromatic heterocycles. The van der Waals surface area contributed by atoms with Gasteiger partial charge in [-0.3, -0.25) is 4.90 Å². The van der Waals surface area contributed by atoms with Gasteiger partial charge in [-0.2, -0.15) is 13.2 Å². The Hall–Kier alpha value is -0.850. The van der Waals surface area contributed by atoms with Gasteiger partial charge >= 0.3 is 6.18 Å². The Morgan fingerprint density at radius 2 is 1.83 bits per heavy atom. The van der Waals surface area contributed by atoms with Gasteiger partial charge in [0.05, 0.1) is 5.56 Å². The van der Waals surface area contributed by atoms with Crippen molar-refractivity contribution in [3.05, 3.63) is 35.1 Å². The molecule has 3 rings (SSSR count). The number of nitrogens with zero attached hydrogens (tertiary/aromatic N) is 1. The minimum Gasteiger partial charge on any atom is -0.314 e. The molecule has 1 aromatic carbocycles. The number of halogens is 5. The fourth-order valence-corrected chi connectivity index (χ4v) is 3.77. The molecular formula is C17H23ClF4N2. The molecule has 2 aliphatic heterocycles. The monoisotopic (exact) mass is 366 g/mol. The first-order valence-electron chi connectivity index (χ1n) is 8.25. The van der Waals surface area contributed by atoms with E-state index in [0.29, 0.717) is 24.1 Å². The standard InChI is InChI=1S/C17H22F4N2.ClH/c18-15-4-3-12(10-14(15)17(19,20)21)11-23-8-5-13(6-9-23)16-2-1-7-22-16;/h3-4,10,13,16,22H,1-2,5-9,11H2;1H. The van der Waals surface area contributed by atoms with Crippen LogP contribution in [0.25, 0.3) is 0 Å². The molecule has 1 atom stereocenters. The third-order valence-corrected chi connectivity index (χ3v) is 5.04. The zero-order valence-corrected chi connectivity index (χ0v) is 14.2. The quantitative estimate of drug-likeness (QED) is 0.805. The van der Waals surface area contributed by atoms with Crippen LogP contribution in [0.1, 0.15) is 36.8 Å². The SMILES string of the molecule is Cl.Fc1ccc(CN2CCC(C3CCCN3)CC2)cc1C(F)(F)F. The van der Waals surface area contributed by atoms with Crippen molar-refractivity contribution in [2.75, 3.05) is 19.6 Å². The van der Waals surface area contributed by atoms with Crippen LogP contribution in [0.15, 0.2) is 18.2 Å². The predicted octanol–water partition coefficient (Wildman–Crippen LogP) is 4.23. The zero-order valence-electron chi connectivity index (χ0n) is 13.4. The summed E-state index contributed by atoms with van der Waals surface area (Å²) in [6.07, 6.45) is -0.0184. The molecular weight excluding hydrogens is 344 g/mol. The third kappa shape index (κ3) is 4.61. The average Bonchev–Trinajstić information content (AvgIpc) is 3.03. The summed E-state index contributed by atoms with van der Waals surface area (Å²) < 4.78 is 51.6. The van der Waals surface area contributed by atoms with E-state index in [1.54, 1.807) is 0 Å². The molecule has 0 amide bonds. The summed E-state index contributed by atoms with van der Waals surface area (Å²) in [5, 5.41) is 3.54. The van der Waals surface area contributed by atoms with Gasteiger partial charge in [0, 0.05) is 12.6 Å². The van der Waals surface area contributed by atoms with Gasteiger partial charge in [0.2, 0.25) is 0 Å². The van der Waals surface area contributed by atoms with Crippen molar-refractivity contribution < 1.29 is 17.6 Å². The maximum Gasteiger partial charge on any atom is 0.419 e. The Balaban J connectivity index is 0.00000208. The van der Waals surface area contributed by atoms with E-state index in [2.05, 4.69) is 10.2 Å². The Morgan fingerprint density at radius 3 is 2.42 bits per heavy atom. The highest BCUT2D eigenvalue weighted by molar-refractivity contribution is 5.85. The van der Waals surface area contributed by atoms with Gasteiger partial charge in [-0.15, -0.1) is 12.4 Å². The van der Waals surface area contributed by atoms with Crippen LogP contribution in [-0.2, 0) is 12.7 Å². The summed E-state index contributed by atoms with van der Waals surface area (Å²) in [6, 6.07) is 3.93. The Bertz CT molecular complexity index is 536. The van der Waals surface area contributed by atoms with Crippen LogP contribution in [0.4, 0.5) is 17.6 Å². The number of likely N-dealkylation sites (tertiary alicyclic amines) is 1. The normalized spacial score (nSPS) is 23.2. The highest BCUT2D eigenvalue weighted by atomic mass is 35.5. The molecule has 136 valence electrons. The van der Waals surface area contributed by atoms with Gasteiger partial charge in [-0.1, -0.05) is 6.07 Å². The van der Waals surface area contributed by atoms with Gasteiger partial charge in [-0.05, 0) is 68.9 Å². The van der Waals surface area contributed by atoms with Crippen LogP contribution >= 0.6 is 12.4 Å². The lowest BCUT2D eigenvalue weighted by Crippen LogP contribution is -2.40. The van der Waals surface area contributed by atoms with E-state index in [1.807, 2.05) is 0 Å². The van der Waals surface area contributed by atoms with E-state index < -0.39 is 17.6 Å². The number of hydrogen-bond acceptors (Lipinski definition) is 2. The maximum atomic E-state index is 13.3. The van der Waals surface area contributed by atoms with E-state index in [0.717, 1.165) is 44.6 Å². The summed E-state index contributed by atoms with van der Waals surface area (Å²) >= 11 is 0. The predicted molar refractivity (Wildman–Crippen MR) is 87.7 cm³/mol. The van der Waals surface area contributed by atoms with Crippen LogP contribution in [0.2, 0.25) is 0 Å². The van der Waals surface area contributed by atoms with Crippen molar-refractivity contribution in [2.24, 2.45) is 5.92 Å². The van der Waals surface area contributed by atoms with Gasteiger partial charge in [0.15, 0.2) is 0 Å². The van der Waals surface area contributed by atoms with E-state index in [9.17, 15) is 17.6 Å². The van der Waals surface area contributed by atoms with Crippen LogP contribution in [-0.4, -0.2) is 30.6 Å². The van der Waals surface area contributed by atoms with E-state index in [-0.39, 0.29) is 12.4 Å². The molecule has 0 bridgehead atoms.